The number of hydrogen-bond donors (Lipinski definition) is 1. The lowest BCUT2D eigenvalue weighted by atomic mass is 10.0. The number of carbonyl (C=O) groups is 1. The Balaban J connectivity index is 1.45. The van der Waals surface area contributed by atoms with E-state index in [-0.39, 0.29) is 18.1 Å². The molecule has 1 aliphatic rings. The van der Waals surface area contributed by atoms with Crippen LogP contribution in [-0.4, -0.2) is 22.7 Å². The summed E-state index contributed by atoms with van der Waals surface area (Å²) in [5.41, 5.74) is 2.61. The van der Waals surface area contributed by atoms with Gasteiger partial charge in [0.2, 0.25) is 6.10 Å². The maximum absolute atomic E-state index is 13.3. The Hall–Kier alpha value is -3.28. The van der Waals surface area contributed by atoms with Crippen molar-refractivity contribution in [2.24, 2.45) is 5.16 Å². The third-order valence-electron chi connectivity index (χ3n) is 3.98. The molecule has 3 aromatic rings. The summed E-state index contributed by atoms with van der Waals surface area (Å²) in [4.78, 5) is 21.9. The maximum atomic E-state index is 13.3. The monoisotopic (exact) mass is 335 g/mol. The van der Waals surface area contributed by atoms with Crippen LogP contribution in [0.1, 0.15) is 12.0 Å². The van der Waals surface area contributed by atoms with E-state index in [0.29, 0.717) is 17.0 Å². The Bertz CT molecular complexity index is 987. The Kier molecular flexibility index (Phi) is 3.85. The summed E-state index contributed by atoms with van der Waals surface area (Å²) < 4.78 is 13.3. The van der Waals surface area contributed by atoms with Gasteiger partial charge in [0.1, 0.15) is 5.82 Å². The van der Waals surface area contributed by atoms with Crippen molar-refractivity contribution in [3.63, 3.8) is 0 Å². The van der Waals surface area contributed by atoms with E-state index >= 15 is 0 Å². The van der Waals surface area contributed by atoms with Gasteiger partial charge in [-0.2, -0.15) is 0 Å². The van der Waals surface area contributed by atoms with Crippen molar-refractivity contribution in [2.75, 3.05) is 5.32 Å². The lowest BCUT2D eigenvalue weighted by Crippen LogP contribution is -2.28. The zero-order chi connectivity index (χ0) is 17.2. The topological polar surface area (TPSA) is 63.6 Å². The molecule has 0 radical (unpaired) electrons. The molecule has 0 saturated heterocycles. The summed E-state index contributed by atoms with van der Waals surface area (Å²) in [6.07, 6.45) is 1.14. The molecule has 1 N–H and O–H groups in total. The van der Waals surface area contributed by atoms with Gasteiger partial charge in [0.15, 0.2) is 0 Å². The van der Waals surface area contributed by atoms with E-state index in [4.69, 9.17) is 4.84 Å². The number of anilines is 1. The smallest absolute Gasteiger partial charge is 0.268 e. The SMILES string of the molecule is O=C(Nc1cnc2ccccc2c1)[C@@H]1CC(c2cccc(F)c2)=NO1. The van der Waals surface area contributed by atoms with Crippen molar-refractivity contribution in [1.82, 2.24) is 4.98 Å². The van der Waals surface area contributed by atoms with Crippen molar-refractivity contribution in [1.29, 1.82) is 0 Å². The maximum Gasteiger partial charge on any atom is 0.268 e. The van der Waals surface area contributed by atoms with Crippen molar-refractivity contribution in [3.8, 4) is 0 Å². The first-order chi connectivity index (χ1) is 12.2. The van der Waals surface area contributed by atoms with Crippen LogP contribution in [0.25, 0.3) is 10.9 Å². The highest BCUT2D eigenvalue weighted by molar-refractivity contribution is 6.06. The first kappa shape index (κ1) is 15.3. The molecule has 2 heterocycles. The average molecular weight is 335 g/mol. The number of benzene rings is 2. The van der Waals surface area contributed by atoms with Crippen molar-refractivity contribution in [2.45, 2.75) is 12.5 Å². The molecular formula is C19H14FN3O2. The fourth-order valence-corrected chi connectivity index (χ4v) is 2.72. The fraction of sp³-hybridized carbons (Fsp3) is 0.105. The van der Waals surface area contributed by atoms with E-state index in [1.54, 1.807) is 18.3 Å². The summed E-state index contributed by atoms with van der Waals surface area (Å²) in [6, 6.07) is 15.6. The summed E-state index contributed by atoms with van der Waals surface area (Å²) >= 11 is 0. The van der Waals surface area contributed by atoms with Crippen LogP contribution in [0.4, 0.5) is 10.1 Å². The number of halogens is 1. The van der Waals surface area contributed by atoms with Gasteiger partial charge in [-0.15, -0.1) is 0 Å². The van der Waals surface area contributed by atoms with Gasteiger partial charge in [0.25, 0.3) is 5.91 Å². The summed E-state index contributed by atoms with van der Waals surface area (Å²) in [6.45, 7) is 0. The van der Waals surface area contributed by atoms with Crippen LogP contribution in [0.3, 0.4) is 0 Å². The first-order valence-electron chi connectivity index (χ1n) is 7.83. The molecule has 0 spiro atoms. The van der Waals surface area contributed by atoms with Crippen molar-refractivity contribution >= 4 is 28.2 Å². The van der Waals surface area contributed by atoms with Gasteiger partial charge in [-0.3, -0.25) is 9.78 Å². The largest absolute Gasteiger partial charge is 0.382 e. The Morgan fingerprint density at radius 3 is 2.92 bits per heavy atom. The van der Waals surface area contributed by atoms with E-state index in [0.717, 1.165) is 10.9 Å². The molecule has 2 aromatic carbocycles. The molecule has 0 fully saturated rings. The van der Waals surface area contributed by atoms with E-state index in [1.165, 1.54) is 12.1 Å². The Morgan fingerprint density at radius 2 is 2.04 bits per heavy atom. The molecule has 124 valence electrons. The molecule has 4 rings (SSSR count). The molecule has 25 heavy (non-hydrogen) atoms. The molecule has 6 heteroatoms. The minimum absolute atomic E-state index is 0.288. The summed E-state index contributed by atoms with van der Waals surface area (Å²) in [7, 11) is 0. The highest BCUT2D eigenvalue weighted by atomic mass is 19.1. The number of carbonyl (C=O) groups excluding carboxylic acids is 1. The lowest BCUT2D eigenvalue weighted by molar-refractivity contribution is -0.125. The highest BCUT2D eigenvalue weighted by Crippen LogP contribution is 2.20. The zero-order valence-electron chi connectivity index (χ0n) is 13.1. The number of nitrogens with zero attached hydrogens (tertiary/aromatic N) is 2. The molecule has 0 saturated carbocycles. The molecule has 5 nitrogen and oxygen atoms in total. The van der Waals surface area contributed by atoms with E-state index < -0.39 is 6.10 Å². The first-order valence-corrected chi connectivity index (χ1v) is 7.83. The van der Waals surface area contributed by atoms with Crippen LogP contribution in [-0.2, 0) is 9.63 Å². The summed E-state index contributed by atoms with van der Waals surface area (Å²) in [5.74, 6) is -0.664. The number of para-hydroxylation sites is 1. The number of pyridine rings is 1. The number of hydrogen-bond acceptors (Lipinski definition) is 4. The van der Waals surface area contributed by atoms with Gasteiger partial charge >= 0.3 is 0 Å². The van der Waals surface area contributed by atoms with E-state index in [2.05, 4.69) is 15.5 Å². The minimum Gasteiger partial charge on any atom is -0.382 e. The predicted octanol–water partition coefficient (Wildman–Crippen LogP) is 3.51. The highest BCUT2D eigenvalue weighted by Gasteiger charge is 2.29. The van der Waals surface area contributed by atoms with Crippen molar-refractivity contribution in [3.05, 3.63) is 72.2 Å². The molecule has 0 unspecified atom stereocenters. The van der Waals surface area contributed by atoms with Crippen molar-refractivity contribution < 1.29 is 14.0 Å². The number of amides is 1. The second-order valence-corrected chi connectivity index (χ2v) is 5.75. The van der Waals surface area contributed by atoms with Crippen LogP contribution in [0.2, 0.25) is 0 Å². The third-order valence-corrected chi connectivity index (χ3v) is 3.98. The van der Waals surface area contributed by atoms with Gasteiger partial charge in [0, 0.05) is 17.4 Å². The van der Waals surface area contributed by atoms with Crippen LogP contribution in [0.5, 0.6) is 0 Å². The Morgan fingerprint density at radius 1 is 1.16 bits per heavy atom. The molecular weight excluding hydrogens is 321 g/mol. The number of nitrogens with one attached hydrogen (secondary N) is 1. The second kappa shape index (κ2) is 6.32. The van der Waals surface area contributed by atoms with Gasteiger partial charge in [0.05, 0.1) is 23.1 Å². The minimum atomic E-state index is -0.746. The average Bonchev–Trinajstić information content (AvgIpc) is 3.12. The molecule has 1 atom stereocenters. The molecule has 1 aromatic heterocycles. The standard InChI is InChI=1S/C19H14FN3O2/c20-14-6-3-5-12(8-14)17-10-18(25-23-17)19(24)22-15-9-13-4-1-2-7-16(13)21-11-15/h1-9,11,18H,10H2,(H,22,24)/t18-/m0/s1. The van der Waals surface area contributed by atoms with Crippen LogP contribution in [0, 0.1) is 5.82 Å². The van der Waals surface area contributed by atoms with Gasteiger partial charge < -0.3 is 10.2 Å². The van der Waals surface area contributed by atoms with E-state index in [9.17, 15) is 9.18 Å². The van der Waals surface area contributed by atoms with Crippen LogP contribution < -0.4 is 5.32 Å². The second-order valence-electron chi connectivity index (χ2n) is 5.75. The zero-order valence-corrected chi connectivity index (χ0v) is 13.1. The molecule has 1 amide bonds. The number of aromatic nitrogens is 1. The van der Waals surface area contributed by atoms with Gasteiger partial charge in [-0.1, -0.05) is 35.5 Å². The summed E-state index contributed by atoms with van der Waals surface area (Å²) in [5, 5.41) is 7.63. The Labute approximate surface area is 143 Å². The molecule has 1 aliphatic heterocycles. The van der Waals surface area contributed by atoms with Gasteiger partial charge in [-0.25, -0.2) is 4.39 Å². The fourth-order valence-electron chi connectivity index (χ4n) is 2.72. The number of fused-ring (bicyclic) bond motifs is 1. The van der Waals surface area contributed by atoms with E-state index in [1.807, 2.05) is 30.3 Å². The van der Waals surface area contributed by atoms with Gasteiger partial charge in [-0.05, 0) is 24.3 Å². The van der Waals surface area contributed by atoms with Crippen LogP contribution >= 0.6 is 0 Å². The third kappa shape index (κ3) is 3.19. The normalized spacial score (nSPS) is 16.4. The quantitative estimate of drug-likeness (QED) is 0.797. The number of oxime groups is 1. The molecule has 0 bridgehead atoms. The number of rotatable bonds is 3. The van der Waals surface area contributed by atoms with Crippen LogP contribution in [0.15, 0.2) is 65.9 Å². The molecule has 0 aliphatic carbocycles. The lowest BCUT2D eigenvalue weighted by Gasteiger charge is -2.10. The predicted molar refractivity (Wildman–Crippen MR) is 92.8 cm³/mol.